The van der Waals surface area contributed by atoms with Gasteiger partial charge in [-0.15, -0.1) is 0 Å². The monoisotopic (exact) mass is 467 g/mol. The fourth-order valence-corrected chi connectivity index (χ4v) is 5.21. The second kappa shape index (κ2) is 9.11. The van der Waals surface area contributed by atoms with Gasteiger partial charge in [-0.2, -0.15) is 0 Å². The highest BCUT2D eigenvalue weighted by Gasteiger charge is 2.34. The van der Waals surface area contributed by atoms with E-state index < -0.39 is 32.6 Å². The van der Waals surface area contributed by atoms with Crippen LogP contribution in [0.2, 0.25) is 5.02 Å². The van der Waals surface area contributed by atoms with Crippen molar-refractivity contribution >= 4 is 27.3 Å². The molecule has 3 aromatic rings. The van der Waals surface area contributed by atoms with E-state index in [1.807, 2.05) is 0 Å². The Balaban J connectivity index is 2.27. The summed E-state index contributed by atoms with van der Waals surface area (Å²) in [4.78, 5) is -0.627. The van der Waals surface area contributed by atoms with Crippen LogP contribution < -0.4 is 13.8 Å². The van der Waals surface area contributed by atoms with Crippen molar-refractivity contribution in [3.05, 3.63) is 82.9 Å². The van der Waals surface area contributed by atoms with E-state index in [1.54, 1.807) is 6.07 Å². The molecule has 164 valence electrons. The fraction of sp³-hybridized carbons (Fsp3) is 0.182. The molecule has 0 bridgehead atoms. The predicted octanol–water partition coefficient (Wildman–Crippen LogP) is 5.59. The van der Waals surface area contributed by atoms with E-state index in [2.05, 4.69) is 0 Å². The molecule has 0 aliphatic carbocycles. The van der Waals surface area contributed by atoms with Crippen molar-refractivity contribution < 1.29 is 26.7 Å². The number of sulfonamides is 1. The number of hydrogen-bond acceptors (Lipinski definition) is 4. The summed E-state index contributed by atoms with van der Waals surface area (Å²) in [6.45, 7) is 1.51. The summed E-state index contributed by atoms with van der Waals surface area (Å²) in [5.41, 5.74) is 0.246. The Hall–Kier alpha value is -2.84. The molecule has 31 heavy (non-hydrogen) atoms. The number of hydrogen-bond donors (Lipinski definition) is 0. The molecule has 0 saturated carbocycles. The maximum Gasteiger partial charge on any atom is 0.267 e. The van der Waals surface area contributed by atoms with Gasteiger partial charge in [-0.25, -0.2) is 17.2 Å². The third-order valence-corrected chi connectivity index (χ3v) is 6.91. The molecule has 1 atom stereocenters. The normalized spacial score (nSPS) is 12.3. The largest absolute Gasteiger partial charge is 0.493 e. The Bertz CT molecular complexity index is 1200. The van der Waals surface area contributed by atoms with Crippen molar-refractivity contribution in [2.24, 2.45) is 0 Å². The Morgan fingerprint density at radius 2 is 1.58 bits per heavy atom. The molecule has 0 aromatic heterocycles. The van der Waals surface area contributed by atoms with Crippen molar-refractivity contribution in [2.75, 3.05) is 18.5 Å². The summed E-state index contributed by atoms with van der Waals surface area (Å²) < 4.78 is 67.8. The predicted molar refractivity (Wildman–Crippen MR) is 115 cm³/mol. The van der Waals surface area contributed by atoms with Crippen LogP contribution in [-0.4, -0.2) is 22.6 Å². The van der Waals surface area contributed by atoms with Gasteiger partial charge in [0.2, 0.25) is 0 Å². The molecule has 0 amide bonds. The van der Waals surface area contributed by atoms with Crippen LogP contribution in [0.15, 0.2) is 65.6 Å². The van der Waals surface area contributed by atoms with Crippen LogP contribution in [0.25, 0.3) is 0 Å². The standard InChI is InChI=1S/C22H20ClF2NO4S/c1-14(17-6-4-5-7-18(17)24)26(16-9-11-20(29-2)21(13-16)30-3)31(27,28)22-12-15(23)8-10-19(22)25/h4-14H,1-3H3. The van der Waals surface area contributed by atoms with E-state index in [9.17, 15) is 17.2 Å². The minimum absolute atomic E-state index is 0.0470. The summed E-state index contributed by atoms with van der Waals surface area (Å²) in [5.74, 6) is -0.943. The molecular weight excluding hydrogens is 448 g/mol. The van der Waals surface area contributed by atoms with E-state index in [1.165, 1.54) is 63.6 Å². The number of ether oxygens (including phenoxy) is 2. The average Bonchev–Trinajstić information content (AvgIpc) is 2.75. The third-order valence-electron chi connectivity index (χ3n) is 4.76. The maximum atomic E-state index is 14.6. The lowest BCUT2D eigenvalue weighted by Crippen LogP contribution is -2.34. The zero-order valence-electron chi connectivity index (χ0n) is 17.0. The lowest BCUT2D eigenvalue weighted by Gasteiger charge is -2.31. The first-order valence-corrected chi connectivity index (χ1v) is 11.0. The number of benzene rings is 3. The van der Waals surface area contributed by atoms with Crippen molar-refractivity contribution in [2.45, 2.75) is 17.9 Å². The van der Waals surface area contributed by atoms with Crippen molar-refractivity contribution in [1.82, 2.24) is 0 Å². The second-order valence-corrected chi connectivity index (χ2v) is 8.83. The quantitative estimate of drug-likeness (QED) is 0.454. The molecule has 0 spiro atoms. The molecule has 5 nitrogen and oxygen atoms in total. The van der Waals surface area contributed by atoms with Crippen LogP contribution in [-0.2, 0) is 10.0 Å². The minimum Gasteiger partial charge on any atom is -0.493 e. The highest BCUT2D eigenvalue weighted by Crippen LogP contribution is 2.39. The lowest BCUT2D eigenvalue weighted by molar-refractivity contribution is 0.355. The van der Waals surface area contributed by atoms with Crippen LogP contribution in [0.4, 0.5) is 14.5 Å². The molecular formula is C22H20ClF2NO4S. The molecule has 0 radical (unpaired) electrons. The number of halogens is 3. The van der Waals surface area contributed by atoms with Crippen LogP contribution in [0, 0.1) is 11.6 Å². The van der Waals surface area contributed by atoms with Gasteiger partial charge in [0.25, 0.3) is 10.0 Å². The Morgan fingerprint density at radius 3 is 2.23 bits per heavy atom. The zero-order valence-corrected chi connectivity index (χ0v) is 18.5. The van der Waals surface area contributed by atoms with E-state index in [4.69, 9.17) is 21.1 Å². The molecule has 9 heteroatoms. The molecule has 0 aliphatic heterocycles. The maximum absolute atomic E-state index is 14.6. The molecule has 0 fully saturated rings. The fourth-order valence-electron chi connectivity index (χ4n) is 3.25. The van der Waals surface area contributed by atoms with Gasteiger partial charge in [0.1, 0.15) is 16.5 Å². The minimum atomic E-state index is -4.51. The average molecular weight is 468 g/mol. The van der Waals surface area contributed by atoms with Gasteiger partial charge in [0.15, 0.2) is 11.5 Å². The van der Waals surface area contributed by atoms with Gasteiger partial charge in [-0.05, 0) is 43.3 Å². The zero-order chi connectivity index (χ0) is 22.8. The summed E-state index contributed by atoms with van der Waals surface area (Å²) in [6.07, 6.45) is 0. The summed E-state index contributed by atoms with van der Waals surface area (Å²) in [7, 11) is -1.67. The van der Waals surface area contributed by atoms with E-state index >= 15 is 0 Å². The van der Waals surface area contributed by atoms with Gasteiger partial charge < -0.3 is 9.47 Å². The molecule has 0 aliphatic rings. The SMILES string of the molecule is COc1ccc(N(C(C)c2ccccc2F)S(=O)(=O)c2cc(Cl)ccc2F)cc1OC. The molecule has 0 N–H and O–H groups in total. The van der Waals surface area contributed by atoms with Gasteiger partial charge in [-0.3, -0.25) is 4.31 Å². The lowest BCUT2D eigenvalue weighted by atomic mass is 10.1. The summed E-state index contributed by atoms with van der Waals surface area (Å²) in [5, 5.41) is 0.0470. The van der Waals surface area contributed by atoms with Crippen molar-refractivity contribution in [3.63, 3.8) is 0 Å². The topological polar surface area (TPSA) is 55.8 Å². The number of rotatable bonds is 7. The third kappa shape index (κ3) is 4.45. The summed E-state index contributed by atoms with van der Waals surface area (Å²) >= 11 is 5.94. The molecule has 3 rings (SSSR count). The van der Waals surface area contributed by atoms with Crippen molar-refractivity contribution in [3.8, 4) is 11.5 Å². The Kier molecular flexibility index (Phi) is 6.71. The summed E-state index contributed by atoms with van der Waals surface area (Å²) in [6, 6.07) is 12.4. The van der Waals surface area contributed by atoms with E-state index in [0.717, 1.165) is 16.4 Å². The van der Waals surface area contributed by atoms with Crippen molar-refractivity contribution in [1.29, 1.82) is 0 Å². The van der Waals surface area contributed by atoms with E-state index in [0.29, 0.717) is 5.75 Å². The first kappa shape index (κ1) is 22.8. The van der Waals surface area contributed by atoms with E-state index in [-0.39, 0.29) is 22.0 Å². The van der Waals surface area contributed by atoms with Gasteiger partial charge in [0, 0.05) is 16.7 Å². The molecule has 0 saturated heterocycles. The molecule has 3 aromatic carbocycles. The highest BCUT2D eigenvalue weighted by molar-refractivity contribution is 7.92. The van der Waals surface area contributed by atoms with Gasteiger partial charge in [-0.1, -0.05) is 29.8 Å². The van der Waals surface area contributed by atoms with Crippen LogP contribution >= 0.6 is 11.6 Å². The number of nitrogens with zero attached hydrogens (tertiary/aromatic N) is 1. The Labute approximate surface area is 184 Å². The first-order valence-electron chi connectivity index (χ1n) is 9.16. The Morgan fingerprint density at radius 1 is 0.903 bits per heavy atom. The second-order valence-electron chi connectivity index (χ2n) is 6.61. The first-order chi connectivity index (χ1) is 14.7. The van der Waals surface area contributed by atoms with Crippen LogP contribution in [0.5, 0.6) is 11.5 Å². The number of methoxy groups -OCH3 is 2. The molecule has 1 unspecified atom stereocenters. The van der Waals surface area contributed by atoms with Crippen LogP contribution in [0.3, 0.4) is 0 Å². The number of anilines is 1. The van der Waals surface area contributed by atoms with Gasteiger partial charge in [0.05, 0.1) is 25.9 Å². The highest BCUT2D eigenvalue weighted by atomic mass is 35.5. The van der Waals surface area contributed by atoms with Crippen LogP contribution in [0.1, 0.15) is 18.5 Å². The van der Waals surface area contributed by atoms with Gasteiger partial charge >= 0.3 is 0 Å². The smallest absolute Gasteiger partial charge is 0.267 e. The molecule has 0 heterocycles.